The number of rotatable bonds is 1. The molecule has 0 atom stereocenters. The van der Waals surface area contributed by atoms with Crippen LogP contribution in [0.25, 0.3) is 0 Å². The summed E-state index contributed by atoms with van der Waals surface area (Å²) in [7, 11) is 0. The molecule has 1 amide bonds. The molecule has 1 aromatic carbocycles. The van der Waals surface area contributed by atoms with Crippen LogP contribution in [0.4, 0.5) is 5.69 Å². The van der Waals surface area contributed by atoms with Crippen LogP contribution in [0.3, 0.4) is 0 Å². The normalized spacial score (nSPS) is 16.5. The van der Waals surface area contributed by atoms with E-state index in [2.05, 4.69) is 0 Å². The number of anilines is 1. The molecule has 1 heterocycles. The zero-order valence-corrected chi connectivity index (χ0v) is 7.99. The second kappa shape index (κ2) is 3.25. The van der Waals surface area contributed by atoms with Crippen molar-refractivity contribution in [1.82, 2.24) is 0 Å². The van der Waals surface area contributed by atoms with E-state index in [1.807, 2.05) is 31.2 Å². The Kier molecular flexibility index (Phi) is 2.08. The summed E-state index contributed by atoms with van der Waals surface area (Å²) in [5.74, 6) is -0.102. The molecule has 3 heteroatoms. The number of benzene rings is 1. The summed E-state index contributed by atoms with van der Waals surface area (Å²) in [4.78, 5) is 23.9. The van der Waals surface area contributed by atoms with Crippen molar-refractivity contribution in [3.8, 4) is 0 Å². The van der Waals surface area contributed by atoms with Crippen LogP contribution in [0.15, 0.2) is 24.3 Å². The van der Waals surface area contributed by atoms with Gasteiger partial charge in [-0.25, -0.2) is 0 Å². The van der Waals surface area contributed by atoms with Gasteiger partial charge in [0.1, 0.15) is 0 Å². The summed E-state index contributed by atoms with van der Waals surface area (Å²) in [6.45, 7) is 2.21. The predicted molar refractivity (Wildman–Crippen MR) is 53.2 cm³/mol. The summed E-state index contributed by atoms with van der Waals surface area (Å²) < 4.78 is 0. The van der Waals surface area contributed by atoms with Gasteiger partial charge in [0.05, 0.1) is 13.0 Å². The van der Waals surface area contributed by atoms with Crippen molar-refractivity contribution >= 4 is 17.4 Å². The molecule has 1 aromatic rings. The second-order valence-electron chi connectivity index (χ2n) is 3.53. The molecule has 1 aliphatic heterocycles. The molecule has 72 valence electrons. The van der Waals surface area contributed by atoms with E-state index in [9.17, 15) is 9.59 Å². The molecule has 0 spiro atoms. The van der Waals surface area contributed by atoms with E-state index in [-0.39, 0.29) is 24.7 Å². The first-order valence-corrected chi connectivity index (χ1v) is 4.55. The lowest BCUT2D eigenvalue weighted by Gasteiger charge is -2.14. The fourth-order valence-corrected chi connectivity index (χ4v) is 1.54. The first-order chi connectivity index (χ1) is 6.66. The molecular weight excluding hydrogens is 178 g/mol. The largest absolute Gasteiger partial charge is 0.305 e. The molecule has 1 fully saturated rings. The third kappa shape index (κ3) is 1.53. The van der Waals surface area contributed by atoms with E-state index in [0.717, 1.165) is 11.3 Å². The van der Waals surface area contributed by atoms with Gasteiger partial charge in [-0.3, -0.25) is 9.59 Å². The Morgan fingerprint density at radius 1 is 1.14 bits per heavy atom. The summed E-state index contributed by atoms with van der Waals surface area (Å²) in [5.41, 5.74) is 1.96. The minimum absolute atomic E-state index is 0.00410. The third-order valence-corrected chi connectivity index (χ3v) is 2.33. The molecule has 2 rings (SSSR count). The summed E-state index contributed by atoms with van der Waals surface area (Å²) >= 11 is 0. The van der Waals surface area contributed by atoms with Crippen LogP contribution in [0.1, 0.15) is 12.0 Å². The fraction of sp³-hybridized carbons (Fsp3) is 0.273. The van der Waals surface area contributed by atoms with Crippen LogP contribution in [-0.2, 0) is 9.59 Å². The Hall–Kier alpha value is -1.64. The first kappa shape index (κ1) is 8.94. The highest BCUT2D eigenvalue weighted by molar-refractivity contribution is 6.14. The minimum atomic E-state index is -0.0983. The number of carbonyl (C=O) groups excluding carboxylic acids is 2. The molecular formula is C11H11NO2. The number of carbonyl (C=O) groups is 2. The second-order valence-corrected chi connectivity index (χ2v) is 3.53. The molecule has 0 radical (unpaired) electrons. The van der Waals surface area contributed by atoms with Crippen molar-refractivity contribution in [3.05, 3.63) is 29.8 Å². The topological polar surface area (TPSA) is 37.4 Å². The molecule has 1 aliphatic rings. The van der Waals surface area contributed by atoms with Crippen molar-refractivity contribution in [1.29, 1.82) is 0 Å². The van der Waals surface area contributed by atoms with E-state index in [4.69, 9.17) is 0 Å². The molecule has 0 N–H and O–H groups in total. The van der Waals surface area contributed by atoms with Crippen LogP contribution in [0.2, 0.25) is 0 Å². The SMILES string of the molecule is Cc1ccc(N2CC(=O)CC2=O)cc1. The van der Waals surface area contributed by atoms with Crippen molar-refractivity contribution < 1.29 is 9.59 Å². The number of nitrogens with zero attached hydrogens (tertiary/aromatic N) is 1. The lowest BCUT2D eigenvalue weighted by Crippen LogP contribution is -2.24. The number of ketones is 1. The van der Waals surface area contributed by atoms with Crippen molar-refractivity contribution in [2.24, 2.45) is 0 Å². The molecule has 0 aromatic heterocycles. The number of Topliss-reactive ketones (excluding diaryl/α,β-unsaturated/α-hetero) is 1. The Morgan fingerprint density at radius 2 is 1.79 bits per heavy atom. The van der Waals surface area contributed by atoms with Gasteiger partial charge in [-0.1, -0.05) is 17.7 Å². The highest BCUT2D eigenvalue weighted by Crippen LogP contribution is 2.19. The van der Waals surface area contributed by atoms with E-state index < -0.39 is 0 Å². The maximum absolute atomic E-state index is 11.4. The number of hydrogen-bond acceptors (Lipinski definition) is 2. The zero-order chi connectivity index (χ0) is 10.1. The molecule has 0 saturated carbocycles. The van der Waals surface area contributed by atoms with E-state index in [1.165, 1.54) is 4.90 Å². The van der Waals surface area contributed by atoms with Gasteiger partial charge in [0.2, 0.25) is 5.91 Å². The van der Waals surface area contributed by atoms with E-state index in [0.29, 0.717) is 0 Å². The Labute approximate surface area is 82.3 Å². The Morgan fingerprint density at radius 3 is 2.29 bits per heavy atom. The Bertz CT molecular complexity index is 381. The van der Waals surface area contributed by atoms with E-state index in [1.54, 1.807) is 0 Å². The zero-order valence-electron chi connectivity index (χ0n) is 7.99. The average molecular weight is 189 g/mol. The van der Waals surface area contributed by atoms with Crippen molar-refractivity contribution in [3.63, 3.8) is 0 Å². The fourth-order valence-electron chi connectivity index (χ4n) is 1.54. The van der Waals surface area contributed by atoms with Gasteiger partial charge in [0.25, 0.3) is 0 Å². The average Bonchev–Trinajstić information content (AvgIpc) is 2.47. The molecule has 1 saturated heterocycles. The van der Waals surface area contributed by atoms with Crippen LogP contribution in [0, 0.1) is 6.92 Å². The molecule has 14 heavy (non-hydrogen) atoms. The number of amides is 1. The van der Waals surface area contributed by atoms with Gasteiger partial charge < -0.3 is 4.90 Å². The molecule has 0 unspecified atom stereocenters. The van der Waals surface area contributed by atoms with E-state index >= 15 is 0 Å². The van der Waals surface area contributed by atoms with Gasteiger partial charge in [0.15, 0.2) is 5.78 Å². The molecule has 0 bridgehead atoms. The van der Waals surface area contributed by atoms with Crippen LogP contribution < -0.4 is 4.90 Å². The summed E-state index contributed by atoms with van der Waals surface area (Å²) in [5, 5.41) is 0. The van der Waals surface area contributed by atoms with Gasteiger partial charge in [0, 0.05) is 5.69 Å². The lowest BCUT2D eigenvalue weighted by molar-refractivity contribution is -0.121. The predicted octanol–water partition coefficient (Wildman–Crippen LogP) is 1.30. The Balaban J connectivity index is 2.27. The standard InChI is InChI=1S/C11H11NO2/c1-8-2-4-9(5-3-8)12-7-10(13)6-11(12)14/h2-5H,6-7H2,1H3. The summed E-state index contributed by atoms with van der Waals surface area (Å²) in [6, 6.07) is 7.61. The highest BCUT2D eigenvalue weighted by Gasteiger charge is 2.28. The summed E-state index contributed by atoms with van der Waals surface area (Å²) in [6.07, 6.45) is 0.0495. The number of hydrogen-bond donors (Lipinski definition) is 0. The van der Waals surface area contributed by atoms with Gasteiger partial charge >= 0.3 is 0 Å². The maximum atomic E-state index is 11.4. The molecule has 3 nitrogen and oxygen atoms in total. The van der Waals surface area contributed by atoms with Crippen molar-refractivity contribution in [2.45, 2.75) is 13.3 Å². The molecule has 0 aliphatic carbocycles. The quantitative estimate of drug-likeness (QED) is 0.624. The monoisotopic (exact) mass is 189 g/mol. The third-order valence-electron chi connectivity index (χ3n) is 2.33. The highest BCUT2D eigenvalue weighted by atomic mass is 16.2. The minimum Gasteiger partial charge on any atom is -0.305 e. The lowest BCUT2D eigenvalue weighted by atomic mass is 10.2. The van der Waals surface area contributed by atoms with Crippen molar-refractivity contribution in [2.75, 3.05) is 11.4 Å². The van der Waals surface area contributed by atoms with Crippen LogP contribution >= 0.6 is 0 Å². The van der Waals surface area contributed by atoms with Crippen LogP contribution in [-0.4, -0.2) is 18.2 Å². The van der Waals surface area contributed by atoms with Gasteiger partial charge in [-0.2, -0.15) is 0 Å². The van der Waals surface area contributed by atoms with Crippen LogP contribution in [0.5, 0.6) is 0 Å². The van der Waals surface area contributed by atoms with Gasteiger partial charge in [-0.05, 0) is 19.1 Å². The first-order valence-electron chi connectivity index (χ1n) is 4.55. The van der Waals surface area contributed by atoms with Gasteiger partial charge in [-0.15, -0.1) is 0 Å². The maximum Gasteiger partial charge on any atom is 0.234 e. The smallest absolute Gasteiger partial charge is 0.234 e. The number of aryl methyl sites for hydroxylation is 1.